The van der Waals surface area contributed by atoms with Gasteiger partial charge in [-0.05, 0) is 49.6 Å². The molecule has 0 atom stereocenters. The van der Waals surface area contributed by atoms with Crippen LogP contribution in [0.5, 0.6) is 5.75 Å². The number of furan rings is 1. The van der Waals surface area contributed by atoms with Crippen LogP contribution < -0.4 is 10.1 Å². The smallest absolute Gasteiger partial charge is 0.291 e. The van der Waals surface area contributed by atoms with E-state index in [2.05, 4.69) is 41.6 Å². The summed E-state index contributed by atoms with van der Waals surface area (Å²) in [6, 6.07) is 17.7. The molecule has 0 spiro atoms. The first-order valence-electron chi connectivity index (χ1n) is 10.1. The molecule has 0 bridgehead atoms. The highest BCUT2D eigenvalue weighted by Gasteiger charge is 2.14. The Morgan fingerprint density at radius 1 is 1.03 bits per heavy atom. The molecule has 31 heavy (non-hydrogen) atoms. The van der Waals surface area contributed by atoms with E-state index in [1.54, 1.807) is 29.2 Å². The predicted octanol–water partition coefficient (Wildman–Crippen LogP) is 5.28. The number of aryl methyl sites for hydroxylation is 3. The molecule has 4 aromatic rings. The number of hydrogen-bond donors (Lipinski definition) is 1. The van der Waals surface area contributed by atoms with Crippen LogP contribution in [0.25, 0.3) is 0 Å². The molecule has 2 heterocycles. The molecule has 0 aliphatic carbocycles. The lowest BCUT2D eigenvalue weighted by molar-refractivity contribution is 0.0992. The van der Waals surface area contributed by atoms with Crippen molar-refractivity contribution in [1.82, 2.24) is 9.78 Å². The average Bonchev–Trinajstić information content (AvgIpc) is 3.39. The number of hydrogen-bond acceptors (Lipinski definition) is 4. The predicted molar refractivity (Wildman–Crippen MR) is 119 cm³/mol. The Bertz CT molecular complexity index is 1170. The summed E-state index contributed by atoms with van der Waals surface area (Å²) in [5.41, 5.74) is 5.10. The summed E-state index contributed by atoms with van der Waals surface area (Å²) in [6.07, 6.45) is 3.42. The standard InChI is InChI=1S/C25H25N3O3/c1-17-7-9-20(10-8-17)14-28-15-21(13-26-28)27-25(29)23-12-11-22(31-23)16-30-24-18(2)5-4-6-19(24)3/h4-13,15H,14,16H2,1-3H3,(H,27,29). The number of anilines is 1. The highest BCUT2D eigenvalue weighted by Crippen LogP contribution is 2.24. The number of amides is 1. The van der Waals surface area contributed by atoms with Gasteiger partial charge in [0.05, 0.1) is 18.4 Å². The lowest BCUT2D eigenvalue weighted by Crippen LogP contribution is -2.10. The Morgan fingerprint density at radius 2 is 1.77 bits per heavy atom. The minimum atomic E-state index is -0.326. The minimum Gasteiger partial charge on any atom is -0.485 e. The summed E-state index contributed by atoms with van der Waals surface area (Å²) in [6.45, 7) is 6.95. The number of benzene rings is 2. The van der Waals surface area contributed by atoms with Crippen LogP contribution in [-0.2, 0) is 13.2 Å². The number of para-hydroxylation sites is 1. The van der Waals surface area contributed by atoms with Gasteiger partial charge in [-0.25, -0.2) is 0 Å². The SMILES string of the molecule is Cc1ccc(Cn2cc(NC(=O)c3ccc(COc4c(C)cccc4C)o3)cn2)cc1. The van der Waals surface area contributed by atoms with Gasteiger partial charge in [0, 0.05) is 6.20 Å². The van der Waals surface area contributed by atoms with Crippen LogP contribution in [0.3, 0.4) is 0 Å². The van der Waals surface area contributed by atoms with Crippen LogP contribution in [0.15, 0.2) is 71.4 Å². The Kier molecular flexibility index (Phi) is 5.89. The van der Waals surface area contributed by atoms with Crippen molar-refractivity contribution in [2.45, 2.75) is 33.9 Å². The average molecular weight is 415 g/mol. The fourth-order valence-corrected chi connectivity index (χ4v) is 3.34. The highest BCUT2D eigenvalue weighted by molar-refractivity contribution is 6.02. The molecule has 0 radical (unpaired) electrons. The van der Waals surface area contributed by atoms with Crippen molar-refractivity contribution in [1.29, 1.82) is 0 Å². The molecule has 6 heteroatoms. The first kappa shape index (κ1) is 20.5. The molecule has 6 nitrogen and oxygen atoms in total. The summed E-state index contributed by atoms with van der Waals surface area (Å²) in [4.78, 5) is 12.5. The van der Waals surface area contributed by atoms with Crippen molar-refractivity contribution in [3.05, 3.63) is 101 Å². The van der Waals surface area contributed by atoms with E-state index in [0.29, 0.717) is 18.0 Å². The number of carbonyl (C=O) groups excluding carboxylic acids is 1. The molecular weight excluding hydrogens is 390 g/mol. The molecule has 0 fully saturated rings. The lowest BCUT2D eigenvalue weighted by Gasteiger charge is -2.10. The summed E-state index contributed by atoms with van der Waals surface area (Å²) in [7, 11) is 0. The summed E-state index contributed by atoms with van der Waals surface area (Å²) in [5, 5.41) is 7.14. The number of carbonyl (C=O) groups is 1. The zero-order valence-electron chi connectivity index (χ0n) is 17.9. The molecule has 1 amide bonds. The Hall–Kier alpha value is -3.80. The molecule has 0 saturated carbocycles. The van der Waals surface area contributed by atoms with Gasteiger partial charge in [-0.15, -0.1) is 0 Å². The third-order valence-electron chi connectivity index (χ3n) is 5.01. The van der Waals surface area contributed by atoms with Crippen molar-refractivity contribution in [3.63, 3.8) is 0 Å². The van der Waals surface area contributed by atoms with Crippen LogP contribution in [-0.4, -0.2) is 15.7 Å². The van der Waals surface area contributed by atoms with Crippen LogP contribution in [0.2, 0.25) is 0 Å². The van der Waals surface area contributed by atoms with E-state index in [1.807, 2.05) is 32.0 Å². The van der Waals surface area contributed by atoms with Crippen LogP contribution >= 0.6 is 0 Å². The van der Waals surface area contributed by atoms with Gasteiger partial charge < -0.3 is 14.5 Å². The van der Waals surface area contributed by atoms with Crippen molar-refractivity contribution in [2.75, 3.05) is 5.32 Å². The first-order valence-corrected chi connectivity index (χ1v) is 10.1. The second-order valence-electron chi connectivity index (χ2n) is 7.64. The van der Waals surface area contributed by atoms with Crippen molar-refractivity contribution < 1.29 is 13.9 Å². The maximum absolute atomic E-state index is 12.5. The number of ether oxygens (including phenoxy) is 1. The van der Waals surface area contributed by atoms with E-state index in [4.69, 9.17) is 9.15 Å². The van der Waals surface area contributed by atoms with E-state index in [-0.39, 0.29) is 18.3 Å². The fourth-order valence-electron chi connectivity index (χ4n) is 3.34. The quantitative estimate of drug-likeness (QED) is 0.446. The number of aromatic nitrogens is 2. The topological polar surface area (TPSA) is 69.3 Å². The summed E-state index contributed by atoms with van der Waals surface area (Å²) in [5.74, 6) is 1.33. The zero-order chi connectivity index (χ0) is 21.8. The summed E-state index contributed by atoms with van der Waals surface area (Å²) < 4.78 is 13.3. The highest BCUT2D eigenvalue weighted by atomic mass is 16.5. The Morgan fingerprint density at radius 3 is 2.52 bits per heavy atom. The van der Waals surface area contributed by atoms with Gasteiger partial charge in [0.15, 0.2) is 5.76 Å². The normalized spacial score (nSPS) is 10.8. The molecule has 0 saturated heterocycles. The molecule has 0 unspecified atom stereocenters. The monoisotopic (exact) mass is 415 g/mol. The lowest BCUT2D eigenvalue weighted by atomic mass is 10.1. The van der Waals surface area contributed by atoms with Gasteiger partial charge >= 0.3 is 0 Å². The maximum Gasteiger partial charge on any atom is 0.291 e. The van der Waals surface area contributed by atoms with Gasteiger partial charge in [-0.2, -0.15) is 5.10 Å². The molecule has 2 aromatic heterocycles. The fraction of sp³-hybridized carbons (Fsp3) is 0.200. The van der Waals surface area contributed by atoms with Gasteiger partial charge in [0.1, 0.15) is 18.1 Å². The third-order valence-corrected chi connectivity index (χ3v) is 5.01. The van der Waals surface area contributed by atoms with Crippen molar-refractivity contribution in [2.24, 2.45) is 0 Å². The van der Waals surface area contributed by atoms with E-state index in [9.17, 15) is 4.79 Å². The van der Waals surface area contributed by atoms with Crippen LogP contribution in [0, 0.1) is 20.8 Å². The molecular formula is C25H25N3O3. The molecule has 158 valence electrons. The molecule has 1 N–H and O–H groups in total. The molecule has 0 aliphatic heterocycles. The van der Waals surface area contributed by atoms with Gasteiger partial charge in [0.25, 0.3) is 5.91 Å². The molecule has 4 rings (SSSR count). The third kappa shape index (κ3) is 5.04. The molecule has 0 aliphatic rings. The second-order valence-corrected chi connectivity index (χ2v) is 7.64. The van der Waals surface area contributed by atoms with E-state index in [1.165, 1.54) is 5.56 Å². The molecule has 2 aromatic carbocycles. The van der Waals surface area contributed by atoms with Crippen molar-refractivity contribution in [3.8, 4) is 5.75 Å². The zero-order valence-corrected chi connectivity index (χ0v) is 17.9. The largest absolute Gasteiger partial charge is 0.485 e. The number of rotatable bonds is 7. The van der Waals surface area contributed by atoms with E-state index < -0.39 is 0 Å². The first-order chi connectivity index (χ1) is 15.0. The van der Waals surface area contributed by atoms with Gasteiger partial charge in [0.2, 0.25) is 0 Å². The maximum atomic E-state index is 12.5. The Labute approximate surface area is 181 Å². The number of nitrogens with zero attached hydrogens (tertiary/aromatic N) is 2. The summed E-state index contributed by atoms with van der Waals surface area (Å²) >= 11 is 0. The Balaban J connectivity index is 1.35. The van der Waals surface area contributed by atoms with Gasteiger partial charge in [-0.3, -0.25) is 9.48 Å². The van der Waals surface area contributed by atoms with Crippen LogP contribution in [0.4, 0.5) is 5.69 Å². The number of nitrogens with one attached hydrogen (secondary N) is 1. The minimum absolute atomic E-state index is 0.228. The second kappa shape index (κ2) is 8.92. The van der Waals surface area contributed by atoms with E-state index >= 15 is 0 Å². The van der Waals surface area contributed by atoms with Crippen LogP contribution in [0.1, 0.15) is 38.6 Å². The van der Waals surface area contributed by atoms with Gasteiger partial charge in [-0.1, -0.05) is 48.0 Å². The van der Waals surface area contributed by atoms with E-state index in [0.717, 1.165) is 22.4 Å². The van der Waals surface area contributed by atoms with Crippen molar-refractivity contribution >= 4 is 11.6 Å².